The first kappa shape index (κ1) is 18.6. The number of hydrogen-bond acceptors (Lipinski definition) is 4. The number of halogens is 2. The number of aromatic nitrogens is 1. The minimum Gasteiger partial charge on any atom is -0.395 e. The molecule has 0 spiro atoms. The standard InChI is InChI=1S/C22H23F2N3O/c1-15-5-4-7-17-19(25-10-12-28)13-20(26-21(15)17)27-11-9-22(23,24)18-8-3-2-6-16(18)14-27/h2-8,13,28H,9-12,14H2,1H3,(H,25,26). The zero-order valence-corrected chi connectivity index (χ0v) is 15.8. The van der Waals surface area contributed by atoms with Gasteiger partial charge in [-0.05, 0) is 18.1 Å². The van der Waals surface area contributed by atoms with Crippen LogP contribution in [0.5, 0.6) is 0 Å². The predicted molar refractivity (Wildman–Crippen MR) is 108 cm³/mol. The Bertz CT molecular complexity index is 1010. The smallest absolute Gasteiger partial charge is 0.275 e. The third-order valence-corrected chi connectivity index (χ3v) is 5.25. The van der Waals surface area contributed by atoms with E-state index in [0.717, 1.165) is 22.2 Å². The van der Waals surface area contributed by atoms with E-state index in [1.807, 2.05) is 36.1 Å². The summed E-state index contributed by atoms with van der Waals surface area (Å²) in [6, 6.07) is 14.6. The van der Waals surface area contributed by atoms with Gasteiger partial charge in [-0.25, -0.2) is 13.8 Å². The predicted octanol–water partition coefficient (Wildman–Crippen LogP) is 4.45. The van der Waals surface area contributed by atoms with Gasteiger partial charge < -0.3 is 15.3 Å². The number of fused-ring (bicyclic) bond motifs is 2. The van der Waals surface area contributed by atoms with Crippen LogP contribution in [0.2, 0.25) is 0 Å². The molecule has 0 atom stereocenters. The largest absolute Gasteiger partial charge is 0.395 e. The Kier molecular flexibility index (Phi) is 4.89. The van der Waals surface area contributed by atoms with Gasteiger partial charge in [-0.1, -0.05) is 42.5 Å². The molecule has 0 saturated heterocycles. The lowest BCUT2D eigenvalue weighted by Gasteiger charge is -2.24. The first-order valence-electron chi connectivity index (χ1n) is 9.46. The van der Waals surface area contributed by atoms with Gasteiger partial charge in [0, 0.05) is 48.8 Å². The third kappa shape index (κ3) is 3.40. The summed E-state index contributed by atoms with van der Waals surface area (Å²) in [7, 11) is 0. The number of alkyl halides is 2. The molecule has 0 fully saturated rings. The van der Waals surface area contributed by atoms with Crippen LogP contribution in [0.15, 0.2) is 48.5 Å². The summed E-state index contributed by atoms with van der Waals surface area (Å²) in [6.07, 6.45) is -0.253. The van der Waals surface area contributed by atoms with E-state index in [4.69, 9.17) is 4.98 Å². The van der Waals surface area contributed by atoms with Crippen LogP contribution in [0.25, 0.3) is 10.9 Å². The van der Waals surface area contributed by atoms with E-state index in [-0.39, 0.29) is 25.1 Å². The van der Waals surface area contributed by atoms with Crippen molar-refractivity contribution in [1.29, 1.82) is 0 Å². The normalized spacial score (nSPS) is 15.9. The molecule has 0 unspecified atom stereocenters. The summed E-state index contributed by atoms with van der Waals surface area (Å²) < 4.78 is 29.2. The number of para-hydroxylation sites is 1. The van der Waals surface area contributed by atoms with Crippen molar-refractivity contribution in [3.63, 3.8) is 0 Å². The molecule has 146 valence electrons. The van der Waals surface area contributed by atoms with E-state index in [1.165, 1.54) is 6.07 Å². The van der Waals surface area contributed by atoms with E-state index in [2.05, 4.69) is 5.32 Å². The van der Waals surface area contributed by atoms with Gasteiger partial charge in [-0.2, -0.15) is 0 Å². The highest BCUT2D eigenvalue weighted by Crippen LogP contribution is 2.39. The fraction of sp³-hybridized carbons (Fsp3) is 0.318. The number of nitrogens with one attached hydrogen (secondary N) is 1. The highest BCUT2D eigenvalue weighted by atomic mass is 19.3. The molecule has 2 aromatic carbocycles. The van der Waals surface area contributed by atoms with Gasteiger partial charge in [0.1, 0.15) is 5.82 Å². The average molecular weight is 383 g/mol. The van der Waals surface area contributed by atoms with Gasteiger partial charge in [0.2, 0.25) is 0 Å². The minimum absolute atomic E-state index is 0.00821. The van der Waals surface area contributed by atoms with Crippen LogP contribution in [-0.2, 0) is 12.5 Å². The number of anilines is 2. The summed E-state index contributed by atoms with van der Waals surface area (Å²) in [5.41, 5.74) is 3.44. The molecular weight excluding hydrogens is 360 g/mol. The van der Waals surface area contributed by atoms with E-state index < -0.39 is 5.92 Å². The Morgan fingerprint density at radius 2 is 2.00 bits per heavy atom. The molecule has 2 heterocycles. The number of aryl methyl sites for hydroxylation is 1. The van der Waals surface area contributed by atoms with E-state index in [9.17, 15) is 13.9 Å². The molecule has 1 aromatic heterocycles. The lowest BCUT2D eigenvalue weighted by molar-refractivity contribution is -0.00967. The molecule has 28 heavy (non-hydrogen) atoms. The number of rotatable bonds is 4. The topological polar surface area (TPSA) is 48.4 Å². The van der Waals surface area contributed by atoms with E-state index >= 15 is 0 Å². The van der Waals surface area contributed by atoms with Crippen molar-refractivity contribution in [2.24, 2.45) is 0 Å². The van der Waals surface area contributed by atoms with Crippen LogP contribution < -0.4 is 10.2 Å². The molecule has 0 bridgehead atoms. The number of nitrogens with zero attached hydrogens (tertiary/aromatic N) is 2. The average Bonchev–Trinajstić information content (AvgIpc) is 2.83. The second-order valence-corrected chi connectivity index (χ2v) is 7.18. The number of benzene rings is 2. The van der Waals surface area contributed by atoms with Crippen LogP contribution in [0.3, 0.4) is 0 Å². The summed E-state index contributed by atoms with van der Waals surface area (Å²) in [5, 5.41) is 13.4. The molecular formula is C22H23F2N3O. The van der Waals surface area contributed by atoms with E-state index in [1.54, 1.807) is 18.2 Å². The third-order valence-electron chi connectivity index (χ3n) is 5.25. The number of hydrogen-bond donors (Lipinski definition) is 2. The molecule has 1 aliphatic heterocycles. The van der Waals surface area contributed by atoms with E-state index in [0.29, 0.717) is 24.5 Å². The Balaban J connectivity index is 1.80. The van der Waals surface area contributed by atoms with Crippen molar-refractivity contribution < 1.29 is 13.9 Å². The number of aliphatic hydroxyl groups excluding tert-OH is 1. The zero-order chi connectivity index (χ0) is 19.7. The maximum atomic E-state index is 14.6. The second kappa shape index (κ2) is 7.36. The monoisotopic (exact) mass is 383 g/mol. The Morgan fingerprint density at radius 3 is 2.82 bits per heavy atom. The molecule has 0 aliphatic carbocycles. The summed E-state index contributed by atoms with van der Waals surface area (Å²) in [4.78, 5) is 6.72. The van der Waals surface area contributed by atoms with Crippen molar-refractivity contribution in [3.05, 3.63) is 65.2 Å². The van der Waals surface area contributed by atoms with Crippen molar-refractivity contribution in [2.45, 2.75) is 25.8 Å². The van der Waals surface area contributed by atoms with Crippen molar-refractivity contribution in [2.75, 3.05) is 29.9 Å². The van der Waals surface area contributed by atoms with Crippen molar-refractivity contribution >= 4 is 22.4 Å². The second-order valence-electron chi connectivity index (χ2n) is 7.18. The lowest BCUT2D eigenvalue weighted by Crippen LogP contribution is -2.25. The van der Waals surface area contributed by atoms with Gasteiger partial charge in [-0.15, -0.1) is 0 Å². The van der Waals surface area contributed by atoms with Gasteiger partial charge in [0.05, 0.1) is 12.1 Å². The first-order valence-corrected chi connectivity index (χ1v) is 9.46. The first-order chi connectivity index (χ1) is 13.5. The molecule has 0 radical (unpaired) electrons. The van der Waals surface area contributed by atoms with Crippen LogP contribution in [0, 0.1) is 6.92 Å². The lowest BCUT2D eigenvalue weighted by atomic mass is 10.0. The SMILES string of the molecule is Cc1cccc2c(NCCO)cc(N3CCC(F)(F)c4ccccc4C3)nc12. The molecule has 3 aromatic rings. The fourth-order valence-electron chi connectivity index (χ4n) is 3.78. The molecule has 6 heteroatoms. The number of pyridine rings is 1. The molecule has 0 amide bonds. The molecule has 4 rings (SSSR count). The van der Waals surface area contributed by atoms with Crippen molar-refractivity contribution in [3.8, 4) is 0 Å². The van der Waals surface area contributed by atoms with Crippen molar-refractivity contribution in [1.82, 2.24) is 4.98 Å². The maximum absolute atomic E-state index is 14.6. The highest BCUT2D eigenvalue weighted by Gasteiger charge is 2.37. The molecule has 0 saturated carbocycles. The molecule has 4 nitrogen and oxygen atoms in total. The van der Waals surface area contributed by atoms with Crippen LogP contribution in [-0.4, -0.2) is 29.8 Å². The molecule has 1 aliphatic rings. The van der Waals surface area contributed by atoms with Crippen LogP contribution >= 0.6 is 0 Å². The summed E-state index contributed by atoms with van der Waals surface area (Å²) >= 11 is 0. The van der Waals surface area contributed by atoms with Gasteiger partial charge >= 0.3 is 0 Å². The van der Waals surface area contributed by atoms with Gasteiger partial charge in [0.25, 0.3) is 5.92 Å². The Labute approximate surface area is 162 Å². The van der Waals surface area contributed by atoms with Crippen LogP contribution in [0.4, 0.5) is 20.3 Å². The highest BCUT2D eigenvalue weighted by molar-refractivity contribution is 5.95. The van der Waals surface area contributed by atoms with Gasteiger partial charge in [0.15, 0.2) is 0 Å². The Morgan fingerprint density at radius 1 is 1.18 bits per heavy atom. The van der Waals surface area contributed by atoms with Crippen LogP contribution in [0.1, 0.15) is 23.1 Å². The fourth-order valence-corrected chi connectivity index (χ4v) is 3.78. The zero-order valence-electron chi connectivity index (χ0n) is 15.8. The summed E-state index contributed by atoms with van der Waals surface area (Å²) in [6.45, 7) is 3.00. The Hall–Kier alpha value is -2.73. The van der Waals surface area contributed by atoms with Gasteiger partial charge in [-0.3, -0.25) is 0 Å². The minimum atomic E-state index is -2.85. The summed E-state index contributed by atoms with van der Waals surface area (Å²) in [5.74, 6) is -2.19. The molecule has 2 N–H and O–H groups in total. The quantitative estimate of drug-likeness (QED) is 0.699. The maximum Gasteiger partial charge on any atom is 0.275 e. The number of aliphatic hydroxyl groups is 1.